The van der Waals surface area contributed by atoms with Crippen LogP contribution in [0.2, 0.25) is 0 Å². The van der Waals surface area contributed by atoms with Crippen molar-refractivity contribution in [1.82, 2.24) is 5.32 Å². The first kappa shape index (κ1) is 21.2. The van der Waals surface area contributed by atoms with Crippen molar-refractivity contribution >= 4 is 11.9 Å². The first-order chi connectivity index (χ1) is 13.3. The predicted octanol–water partition coefficient (Wildman–Crippen LogP) is 3.35. The molecule has 0 aliphatic heterocycles. The molecule has 1 atom stereocenters. The van der Waals surface area contributed by atoms with E-state index in [0.29, 0.717) is 23.8 Å². The van der Waals surface area contributed by atoms with Crippen LogP contribution in [-0.2, 0) is 16.0 Å². The van der Waals surface area contributed by atoms with Gasteiger partial charge in [0.15, 0.2) is 17.6 Å². The maximum atomic E-state index is 13.9. The Morgan fingerprint density at radius 3 is 2.36 bits per heavy atom. The summed E-state index contributed by atoms with van der Waals surface area (Å²) in [6.07, 6.45) is -0.00707. The molecule has 0 aliphatic carbocycles. The zero-order valence-electron chi connectivity index (χ0n) is 16.1. The molecule has 6 nitrogen and oxygen atoms in total. The molecule has 28 heavy (non-hydrogen) atoms. The van der Waals surface area contributed by atoms with Gasteiger partial charge in [0.05, 0.1) is 20.1 Å². The van der Waals surface area contributed by atoms with Crippen molar-refractivity contribution in [3.63, 3.8) is 0 Å². The number of methoxy groups -OCH3 is 1. The number of benzene rings is 2. The van der Waals surface area contributed by atoms with Crippen molar-refractivity contribution in [2.75, 3.05) is 13.7 Å². The number of halogens is 1. The van der Waals surface area contributed by atoms with E-state index < -0.39 is 23.7 Å². The lowest BCUT2D eigenvalue weighted by atomic mass is 10.1. The number of aliphatic carboxylic acids is 1. The monoisotopic (exact) mass is 389 g/mol. The molecule has 0 saturated carbocycles. The first-order valence-electron chi connectivity index (χ1n) is 8.87. The summed E-state index contributed by atoms with van der Waals surface area (Å²) in [7, 11) is 1.31. The van der Waals surface area contributed by atoms with E-state index in [-0.39, 0.29) is 17.7 Å². The number of carbonyl (C=O) groups excluding carboxylic acids is 1. The SMILES string of the molecule is COc1ccc(C(NC(=O)Cc2ccc(OCC(C)C)cc2)C(=O)O)cc1F. The summed E-state index contributed by atoms with van der Waals surface area (Å²) in [6, 6.07) is 9.43. The van der Waals surface area contributed by atoms with Gasteiger partial charge in [0.1, 0.15) is 5.75 Å². The number of carboxylic acids is 1. The minimum atomic E-state index is -1.36. The van der Waals surface area contributed by atoms with Gasteiger partial charge in [-0.05, 0) is 41.3 Å². The molecule has 0 bridgehead atoms. The quantitative estimate of drug-likeness (QED) is 0.687. The Labute approximate surface area is 163 Å². The van der Waals surface area contributed by atoms with Crippen molar-refractivity contribution in [3.8, 4) is 11.5 Å². The fourth-order valence-electron chi connectivity index (χ4n) is 2.51. The van der Waals surface area contributed by atoms with Gasteiger partial charge in [-0.15, -0.1) is 0 Å². The summed E-state index contributed by atoms with van der Waals surface area (Å²) in [5, 5.41) is 11.8. The molecular formula is C21H24FNO5. The van der Waals surface area contributed by atoms with Gasteiger partial charge in [-0.1, -0.05) is 32.0 Å². The van der Waals surface area contributed by atoms with Crippen LogP contribution in [0.3, 0.4) is 0 Å². The zero-order chi connectivity index (χ0) is 20.7. The summed E-state index contributed by atoms with van der Waals surface area (Å²) in [6.45, 7) is 4.69. The molecule has 2 aromatic carbocycles. The third-order valence-corrected chi connectivity index (χ3v) is 3.93. The van der Waals surface area contributed by atoms with E-state index in [1.54, 1.807) is 24.3 Å². The van der Waals surface area contributed by atoms with Crippen molar-refractivity contribution in [2.24, 2.45) is 5.92 Å². The van der Waals surface area contributed by atoms with Crippen LogP contribution >= 0.6 is 0 Å². The molecule has 1 unspecified atom stereocenters. The molecule has 0 fully saturated rings. The standard InChI is InChI=1S/C21H24FNO5/c1-13(2)12-28-16-7-4-14(5-8-16)10-19(24)23-20(21(25)26)15-6-9-18(27-3)17(22)11-15/h4-9,11,13,20H,10,12H2,1-3H3,(H,23,24)(H,25,26). The maximum Gasteiger partial charge on any atom is 0.330 e. The second kappa shape index (κ2) is 9.73. The topological polar surface area (TPSA) is 84.9 Å². The molecule has 0 spiro atoms. The van der Waals surface area contributed by atoms with Gasteiger partial charge in [-0.3, -0.25) is 4.79 Å². The number of hydrogen-bond acceptors (Lipinski definition) is 4. The van der Waals surface area contributed by atoms with Crippen molar-refractivity contribution < 1.29 is 28.6 Å². The average Bonchev–Trinajstić information content (AvgIpc) is 2.65. The predicted molar refractivity (Wildman–Crippen MR) is 102 cm³/mol. The first-order valence-corrected chi connectivity index (χ1v) is 8.87. The van der Waals surface area contributed by atoms with Crippen LogP contribution in [0.25, 0.3) is 0 Å². The van der Waals surface area contributed by atoms with E-state index in [4.69, 9.17) is 9.47 Å². The average molecular weight is 389 g/mol. The number of ether oxygens (including phenoxy) is 2. The second-order valence-corrected chi connectivity index (χ2v) is 6.76. The molecule has 2 aromatic rings. The van der Waals surface area contributed by atoms with E-state index in [1.165, 1.54) is 19.2 Å². The molecule has 0 radical (unpaired) electrons. The lowest BCUT2D eigenvalue weighted by molar-refractivity contribution is -0.142. The number of hydrogen-bond donors (Lipinski definition) is 2. The highest BCUT2D eigenvalue weighted by Gasteiger charge is 2.23. The van der Waals surface area contributed by atoms with Gasteiger partial charge in [0, 0.05) is 0 Å². The lowest BCUT2D eigenvalue weighted by Gasteiger charge is -2.16. The fourth-order valence-corrected chi connectivity index (χ4v) is 2.51. The van der Waals surface area contributed by atoms with Gasteiger partial charge in [-0.25, -0.2) is 9.18 Å². The van der Waals surface area contributed by atoms with E-state index in [2.05, 4.69) is 5.32 Å². The zero-order valence-corrected chi connectivity index (χ0v) is 16.1. The second-order valence-electron chi connectivity index (χ2n) is 6.76. The Morgan fingerprint density at radius 1 is 1.14 bits per heavy atom. The highest BCUT2D eigenvalue weighted by molar-refractivity contribution is 5.85. The molecular weight excluding hydrogens is 365 g/mol. The van der Waals surface area contributed by atoms with Crippen molar-refractivity contribution in [3.05, 3.63) is 59.4 Å². The van der Waals surface area contributed by atoms with E-state index >= 15 is 0 Å². The highest BCUT2D eigenvalue weighted by atomic mass is 19.1. The molecule has 2 N–H and O–H groups in total. The fraction of sp³-hybridized carbons (Fsp3) is 0.333. The molecule has 2 rings (SSSR count). The van der Waals surface area contributed by atoms with Crippen LogP contribution in [-0.4, -0.2) is 30.7 Å². The van der Waals surface area contributed by atoms with Crippen LogP contribution in [0.5, 0.6) is 11.5 Å². The van der Waals surface area contributed by atoms with Crippen LogP contribution in [0.4, 0.5) is 4.39 Å². The number of nitrogens with one attached hydrogen (secondary N) is 1. The summed E-state index contributed by atoms with van der Waals surface area (Å²) >= 11 is 0. The third-order valence-electron chi connectivity index (χ3n) is 3.93. The van der Waals surface area contributed by atoms with Gasteiger partial charge in [0.2, 0.25) is 5.91 Å². The van der Waals surface area contributed by atoms with E-state index in [1.807, 2.05) is 13.8 Å². The molecule has 0 aliphatic rings. The van der Waals surface area contributed by atoms with Gasteiger partial charge < -0.3 is 19.9 Å². The Bertz CT molecular complexity index is 820. The lowest BCUT2D eigenvalue weighted by Crippen LogP contribution is -2.34. The maximum absolute atomic E-state index is 13.9. The number of carboxylic acid groups (broad SMARTS) is 1. The Kier molecular flexibility index (Phi) is 7.37. The number of amides is 1. The summed E-state index contributed by atoms with van der Waals surface area (Å²) in [5.74, 6) is -1.36. The Morgan fingerprint density at radius 2 is 1.82 bits per heavy atom. The highest BCUT2D eigenvalue weighted by Crippen LogP contribution is 2.22. The Hall–Kier alpha value is -3.09. The normalized spacial score (nSPS) is 11.8. The molecule has 0 heterocycles. The van der Waals surface area contributed by atoms with Crippen LogP contribution in [0.1, 0.15) is 31.0 Å². The number of carbonyl (C=O) groups is 2. The molecule has 0 aromatic heterocycles. The van der Waals surface area contributed by atoms with E-state index in [0.717, 1.165) is 6.07 Å². The summed E-state index contributed by atoms with van der Waals surface area (Å²) in [5.41, 5.74) is 0.830. The summed E-state index contributed by atoms with van der Waals surface area (Å²) < 4.78 is 24.3. The molecule has 0 saturated heterocycles. The van der Waals surface area contributed by atoms with Gasteiger partial charge in [0.25, 0.3) is 0 Å². The van der Waals surface area contributed by atoms with E-state index in [9.17, 15) is 19.1 Å². The van der Waals surface area contributed by atoms with Gasteiger partial charge in [-0.2, -0.15) is 0 Å². The molecule has 7 heteroatoms. The van der Waals surface area contributed by atoms with Crippen LogP contribution in [0, 0.1) is 11.7 Å². The summed E-state index contributed by atoms with van der Waals surface area (Å²) in [4.78, 5) is 23.8. The minimum absolute atomic E-state index is 0.000934. The molecule has 1 amide bonds. The van der Waals surface area contributed by atoms with Crippen LogP contribution in [0.15, 0.2) is 42.5 Å². The van der Waals surface area contributed by atoms with Crippen molar-refractivity contribution in [1.29, 1.82) is 0 Å². The smallest absolute Gasteiger partial charge is 0.330 e. The van der Waals surface area contributed by atoms with Crippen molar-refractivity contribution in [2.45, 2.75) is 26.3 Å². The largest absolute Gasteiger partial charge is 0.494 e. The number of rotatable bonds is 9. The third kappa shape index (κ3) is 5.97. The molecule has 150 valence electrons. The minimum Gasteiger partial charge on any atom is -0.494 e. The van der Waals surface area contributed by atoms with Crippen LogP contribution < -0.4 is 14.8 Å². The van der Waals surface area contributed by atoms with Gasteiger partial charge >= 0.3 is 5.97 Å². The Balaban J connectivity index is 2.02.